The standard InChI is InChI=1S/C26H32N4O4S/c1-19(31)28-7-9-29(10-8-28)26-22(15-21-4-5-23(34-3)16-24(21)27-26)17-30(11-12-33-2)25(32)14-20-6-13-35-18-20/h4-6,13,15-16,18H,7-12,14,17H2,1-3H3. The maximum Gasteiger partial charge on any atom is 0.227 e. The van der Waals surface area contributed by atoms with Crippen LogP contribution < -0.4 is 9.64 Å². The summed E-state index contributed by atoms with van der Waals surface area (Å²) < 4.78 is 10.7. The number of hydrogen-bond donors (Lipinski definition) is 0. The minimum atomic E-state index is 0.0580. The predicted molar refractivity (Wildman–Crippen MR) is 138 cm³/mol. The quantitative estimate of drug-likeness (QED) is 0.453. The summed E-state index contributed by atoms with van der Waals surface area (Å²) in [6, 6.07) is 9.95. The molecule has 2 amide bonds. The van der Waals surface area contributed by atoms with Gasteiger partial charge in [0.15, 0.2) is 0 Å². The lowest BCUT2D eigenvalue weighted by atomic mass is 10.1. The first-order valence-electron chi connectivity index (χ1n) is 11.7. The highest BCUT2D eigenvalue weighted by atomic mass is 32.1. The van der Waals surface area contributed by atoms with Crippen LogP contribution >= 0.6 is 11.3 Å². The normalized spacial score (nSPS) is 13.8. The summed E-state index contributed by atoms with van der Waals surface area (Å²) in [4.78, 5) is 36.0. The third kappa shape index (κ3) is 6.10. The van der Waals surface area contributed by atoms with Gasteiger partial charge in [0.25, 0.3) is 0 Å². The van der Waals surface area contributed by atoms with Gasteiger partial charge >= 0.3 is 0 Å². The van der Waals surface area contributed by atoms with Gasteiger partial charge in [0, 0.05) is 70.3 Å². The van der Waals surface area contributed by atoms with Gasteiger partial charge < -0.3 is 24.2 Å². The zero-order valence-electron chi connectivity index (χ0n) is 20.5. The molecule has 0 spiro atoms. The Hall–Kier alpha value is -3.17. The van der Waals surface area contributed by atoms with Gasteiger partial charge in [-0.15, -0.1) is 0 Å². The first-order valence-corrected chi connectivity index (χ1v) is 12.7. The summed E-state index contributed by atoms with van der Waals surface area (Å²) in [6.45, 7) is 5.68. The molecule has 4 rings (SSSR count). The molecular weight excluding hydrogens is 464 g/mol. The number of fused-ring (bicyclic) bond motifs is 1. The number of carbonyl (C=O) groups excluding carboxylic acids is 2. The fourth-order valence-electron chi connectivity index (χ4n) is 4.31. The molecule has 0 bridgehead atoms. The van der Waals surface area contributed by atoms with E-state index in [0.29, 0.717) is 52.3 Å². The molecule has 0 N–H and O–H groups in total. The van der Waals surface area contributed by atoms with Gasteiger partial charge in [-0.2, -0.15) is 11.3 Å². The van der Waals surface area contributed by atoms with E-state index in [1.54, 1.807) is 32.5 Å². The molecule has 1 fully saturated rings. The van der Waals surface area contributed by atoms with Gasteiger partial charge in [-0.25, -0.2) is 4.98 Å². The summed E-state index contributed by atoms with van der Waals surface area (Å²) in [7, 11) is 3.29. The van der Waals surface area contributed by atoms with E-state index in [1.807, 2.05) is 44.8 Å². The summed E-state index contributed by atoms with van der Waals surface area (Å²) in [5.41, 5.74) is 2.84. The SMILES string of the molecule is COCCN(Cc1cc2ccc(OC)cc2nc1N1CCN(C(C)=O)CC1)C(=O)Cc1ccsc1. The molecule has 9 heteroatoms. The van der Waals surface area contributed by atoms with Gasteiger partial charge in [0.2, 0.25) is 11.8 Å². The number of benzene rings is 1. The summed E-state index contributed by atoms with van der Waals surface area (Å²) >= 11 is 1.59. The van der Waals surface area contributed by atoms with E-state index in [9.17, 15) is 9.59 Å². The average molecular weight is 497 g/mol. The van der Waals surface area contributed by atoms with Crippen LogP contribution in [0.15, 0.2) is 41.1 Å². The summed E-state index contributed by atoms with van der Waals surface area (Å²) in [6.07, 6.45) is 0.359. The Morgan fingerprint density at radius 3 is 2.57 bits per heavy atom. The monoisotopic (exact) mass is 496 g/mol. The highest BCUT2D eigenvalue weighted by molar-refractivity contribution is 7.08. The Morgan fingerprint density at radius 2 is 1.91 bits per heavy atom. The molecule has 1 saturated heterocycles. The number of anilines is 1. The smallest absolute Gasteiger partial charge is 0.227 e. The molecule has 0 unspecified atom stereocenters. The first kappa shape index (κ1) is 24.9. The van der Waals surface area contributed by atoms with Crippen LogP contribution in [-0.2, 0) is 27.3 Å². The fraction of sp³-hybridized carbons (Fsp3) is 0.423. The molecule has 35 heavy (non-hydrogen) atoms. The predicted octanol–water partition coefficient (Wildman–Crippen LogP) is 3.19. The number of thiophene rings is 1. The molecule has 1 aliphatic heterocycles. The van der Waals surface area contributed by atoms with Crippen molar-refractivity contribution in [3.63, 3.8) is 0 Å². The summed E-state index contributed by atoms with van der Waals surface area (Å²) in [5.74, 6) is 1.74. The van der Waals surface area contributed by atoms with Crippen molar-refractivity contribution < 1.29 is 19.1 Å². The van der Waals surface area contributed by atoms with E-state index in [0.717, 1.165) is 33.6 Å². The fourth-order valence-corrected chi connectivity index (χ4v) is 4.98. The van der Waals surface area contributed by atoms with E-state index in [2.05, 4.69) is 11.0 Å². The third-order valence-corrected chi connectivity index (χ3v) is 7.05. The highest BCUT2D eigenvalue weighted by Crippen LogP contribution is 2.28. The van der Waals surface area contributed by atoms with Crippen molar-refractivity contribution in [2.45, 2.75) is 19.9 Å². The maximum atomic E-state index is 13.3. The van der Waals surface area contributed by atoms with Crippen molar-refractivity contribution in [3.05, 3.63) is 52.2 Å². The molecule has 2 aromatic heterocycles. The number of amides is 2. The topological polar surface area (TPSA) is 75.2 Å². The van der Waals surface area contributed by atoms with Crippen LogP contribution in [0.25, 0.3) is 10.9 Å². The Morgan fingerprint density at radius 1 is 1.11 bits per heavy atom. The lowest BCUT2D eigenvalue weighted by Gasteiger charge is -2.36. The highest BCUT2D eigenvalue weighted by Gasteiger charge is 2.24. The lowest BCUT2D eigenvalue weighted by Crippen LogP contribution is -2.48. The Kier molecular flexibility index (Phi) is 8.20. The summed E-state index contributed by atoms with van der Waals surface area (Å²) in [5, 5.41) is 4.99. The lowest BCUT2D eigenvalue weighted by molar-refractivity contribution is -0.132. The largest absolute Gasteiger partial charge is 0.497 e. The van der Waals surface area contributed by atoms with E-state index in [-0.39, 0.29) is 11.8 Å². The van der Waals surface area contributed by atoms with Gasteiger partial charge in [0.1, 0.15) is 11.6 Å². The van der Waals surface area contributed by atoms with Crippen molar-refractivity contribution in [1.29, 1.82) is 0 Å². The van der Waals surface area contributed by atoms with Gasteiger partial charge in [-0.05, 0) is 40.6 Å². The molecule has 186 valence electrons. The Balaban J connectivity index is 1.66. The number of nitrogens with zero attached hydrogens (tertiary/aromatic N) is 4. The number of pyridine rings is 1. The first-order chi connectivity index (χ1) is 17.0. The number of hydrogen-bond acceptors (Lipinski definition) is 7. The van der Waals surface area contributed by atoms with Crippen molar-refractivity contribution in [1.82, 2.24) is 14.8 Å². The van der Waals surface area contributed by atoms with Crippen molar-refractivity contribution in [2.24, 2.45) is 0 Å². The van der Waals surface area contributed by atoms with E-state index >= 15 is 0 Å². The number of piperazine rings is 1. The van der Waals surface area contributed by atoms with Crippen LogP contribution in [0.5, 0.6) is 5.75 Å². The molecule has 0 atom stereocenters. The zero-order valence-corrected chi connectivity index (χ0v) is 21.3. The van der Waals surface area contributed by atoms with Crippen LogP contribution in [0.4, 0.5) is 5.82 Å². The number of carbonyl (C=O) groups is 2. The molecule has 8 nitrogen and oxygen atoms in total. The van der Waals surface area contributed by atoms with Crippen LogP contribution in [0.2, 0.25) is 0 Å². The minimum absolute atomic E-state index is 0.0580. The van der Waals surface area contributed by atoms with Crippen LogP contribution in [0.1, 0.15) is 18.1 Å². The number of ether oxygens (including phenoxy) is 2. The average Bonchev–Trinajstić information content (AvgIpc) is 3.38. The molecule has 3 heterocycles. The van der Waals surface area contributed by atoms with Crippen LogP contribution in [0, 0.1) is 0 Å². The van der Waals surface area contributed by atoms with E-state index in [4.69, 9.17) is 14.5 Å². The number of methoxy groups -OCH3 is 2. The Bertz CT molecular complexity index is 1160. The third-order valence-electron chi connectivity index (χ3n) is 6.32. The van der Waals surface area contributed by atoms with E-state index in [1.165, 1.54) is 0 Å². The molecular formula is C26H32N4O4S. The molecule has 0 saturated carbocycles. The van der Waals surface area contributed by atoms with Crippen molar-refractivity contribution in [3.8, 4) is 5.75 Å². The zero-order chi connectivity index (χ0) is 24.8. The molecule has 1 aromatic carbocycles. The maximum absolute atomic E-state index is 13.3. The van der Waals surface area contributed by atoms with Gasteiger partial charge in [-0.1, -0.05) is 0 Å². The Labute approximate surface area is 210 Å². The second kappa shape index (κ2) is 11.5. The number of rotatable bonds is 9. The van der Waals surface area contributed by atoms with Crippen LogP contribution in [-0.4, -0.2) is 80.1 Å². The number of aromatic nitrogens is 1. The van der Waals surface area contributed by atoms with Crippen LogP contribution in [0.3, 0.4) is 0 Å². The van der Waals surface area contributed by atoms with Gasteiger partial charge in [0.05, 0.1) is 25.7 Å². The van der Waals surface area contributed by atoms with Crippen molar-refractivity contribution in [2.75, 3.05) is 58.5 Å². The molecule has 1 aliphatic rings. The minimum Gasteiger partial charge on any atom is -0.497 e. The van der Waals surface area contributed by atoms with E-state index < -0.39 is 0 Å². The molecule has 0 aliphatic carbocycles. The molecule has 3 aromatic rings. The molecule has 0 radical (unpaired) electrons. The second-order valence-corrected chi connectivity index (χ2v) is 9.42. The second-order valence-electron chi connectivity index (χ2n) is 8.64. The van der Waals surface area contributed by atoms with Gasteiger partial charge in [-0.3, -0.25) is 9.59 Å². The van der Waals surface area contributed by atoms with Crippen molar-refractivity contribution >= 4 is 39.9 Å².